The van der Waals surface area contributed by atoms with Gasteiger partial charge >= 0.3 is 5.97 Å². The second-order valence-electron chi connectivity index (χ2n) is 19.3. The van der Waals surface area contributed by atoms with Crippen LogP contribution in [0, 0.1) is 62.6 Å². The van der Waals surface area contributed by atoms with Gasteiger partial charge in [0.15, 0.2) is 0 Å². The summed E-state index contributed by atoms with van der Waals surface area (Å²) in [6.07, 6.45) is 7.62. The minimum atomic E-state index is -0.646. The predicted octanol–water partition coefficient (Wildman–Crippen LogP) is 6.78. The van der Waals surface area contributed by atoms with Crippen LogP contribution < -0.4 is 10.6 Å². The van der Waals surface area contributed by atoms with Gasteiger partial charge in [-0.25, -0.2) is 4.68 Å². The maximum atomic E-state index is 13.5. The van der Waals surface area contributed by atoms with Crippen LogP contribution in [-0.4, -0.2) is 75.7 Å². The van der Waals surface area contributed by atoms with Crippen molar-refractivity contribution < 1.29 is 24.2 Å². The van der Waals surface area contributed by atoms with Crippen LogP contribution in [0.1, 0.15) is 121 Å². The lowest BCUT2D eigenvalue weighted by Gasteiger charge is -2.71. The van der Waals surface area contributed by atoms with Gasteiger partial charge in [-0.3, -0.25) is 14.9 Å². The molecule has 286 valence electrons. The van der Waals surface area contributed by atoms with Crippen molar-refractivity contribution in [1.29, 1.82) is 0 Å². The van der Waals surface area contributed by atoms with E-state index in [-0.39, 0.29) is 57.1 Å². The van der Waals surface area contributed by atoms with Crippen molar-refractivity contribution >= 4 is 17.8 Å². The third-order valence-electron chi connectivity index (χ3n) is 16.6. The first-order chi connectivity index (χ1) is 23.8. The number of carbonyl (C=O) groups is 2. The van der Waals surface area contributed by atoms with E-state index in [0.717, 1.165) is 32.1 Å². The van der Waals surface area contributed by atoms with Crippen LogP contribution in [0.25, 0.3) is 0 Å². The van der Waals surface area contributed by atoms with Crippen LogP contribution in [0.5, 0.6) is 0 Å². The number of nitrogens with zero attached hydrogens (tertiary/aromatic N) is 4. The zero-order valence-corrected chi connectivity index (χ0v) is 33.4. The van der Waals surface area contributed by atoms with E-state index in [1.165, 1.54) is 12.5 Å². The molecule has 2 bridgehead atoms. The van der Waals surface area contributed by atoms with Crippen LogP contribution in [0.3, 0.4) is 0 Å². The highest BCUT2D eigenvalue weighted by Gasteiger charge is 2.72. The molecule has 1 aromatic heterocycles. The monoisotopic (exact) mass is 711 g/mol. The Balaban J connectivity index is 1.47. The fraction of sp³-hybridized carbons (Fsp3) is 0.875. The number of aromatic nitrogens is 4. The average Bonchev–Trinajstić information content (AvgIpc) is 3.50. The lowest BCUT2D eigenvalue weighted by atomic mass is 9.34. The number of hydrogen-bond acceptors (Lipinski definition) is 8. The molecule has 4 aliphatic carbocycles. The van der Waals surface area contributed by atoms with Crippen molar-refractivity contribution in [3.8, 4) is 0 Å². The standard InChI is InChI=1S/C40H66N6O5/c1-23(2)25(5)35(7)17-18-37(9)27-13-14-30-36(8)20-50-22-40(30,28(27)15-16-38(37,10)31(35)33(48)49)19-29(46-34(42-26(6)47)43-44-45-46)32(36)51-21-39(11,41-12)24(3)4/h15,23-25,27,29-32,41H,13-14,16-22H2,1-12H3,(H,48,49)(H,42,43,45,47)/t25-,27+,29-,30+,31?,32+,35-,36-,37-,38+,39+,40+/m1/s1. The molecule has 1 aromatic rings. The van der Waals surface area contributed by atoms with Gasteiger partial charge in [0.05, 0.1) is 37.9 Å². The molecule has 3 N–H and O–H groups in total. The lowest BCUT2D eigenvalue weighted by Crippen LogP contribution is -2.69. The molecule has 0 radical (unpaired) electrons. The van der Waals surface area contributed by atoms with E-state index in [1.807, 2.05) is 7.05 Å². The number of rotatable bonds is 10. The largest absolute Gasteiger partial charge is 0.481 e. The van der Waals surface area contributed by atoms with E-state index in [1.54, 1.807) is 4.68 Å². The SMILES string of the molecule is CN[C@@](C)(CO[C@H]1[C@H](n2nnnc2NC(C)=O)C[C@@]23COC[C@]1(C)[C@@H]2CC[C@H]1C3=CC[C@@]2(C)C(C(=O)O)[C@@](C)([C@H](C)C(C)C)CC[C@]12C)C(C)C. The van der Waals surface area contributed by atoms with Crippen molar-refractivity contribution in [2.75, 3.05) is 32.2 Å². The first-order valence-electron chi connectivity index (χ1n) is 19.6. The van der Waals surface area contributed by atoms with Crippen LogP contribution >= 0.6 is 0 Å². The molecule has 5 aliphatic rings. The number of carboxylic acids is 1. The molecule has 12 atom stereocenters. The number of carboxylic acid groups (broad SMARTS) is 1. The summed E-state index contributed by atoms with van der Waals surface area (Å²) in [4.78, 5) is 25.8. The molecule has 4 fully saturated rings. The normalized spacial score (nSPS) is 42.2. The zero-order chi connectivity index (χ0) is 37.5. The number of aliphatic carboxylic acids is 1. The highest BCUT2D eigenvalue weighted by atomic mass is 16.5. The Bertz CT molecular complexity index is 1540. The van der Waals surface area contributed by atoms with E-state index in [9.17, 15) is 14.7 Å². The van der Waals surface area contributed by atoms with Gasteiger partial charge in [-0.15, -0.1) is 0 Å². The van der Waals surface area contributed by atoms with Gasteiger partial charge in [-0.2, -0.15) is 0 Å². The Morgan fingerprint density at radius 1 is 1.10 bits per heavy atom. The summed E-state index contributed by atoms with van der Waals surface area (Å²) in [5.41, 5.74) is -0.324. The molecule has 0 aromatic carbocycles. The number of carbonyl (C=O) groups excluding carboxylic acids is 1. The molecular formula is C40H66N6O5. The molecule has 0 spiro atoms. The lowest BCUT2D eigenvalue weighted by molar-refractivity contribution is -0.253. The molecule has 11 heteroatoms. The van der Waals surface area contributed by atoms with Gasteiger partial charge in [0.1, 0.15) is 0 Å². The molecule has 11 nitrogen and oxygen atoms in total. The van der Waals surface area contributed by atoms with Crippen LogP contribution in [0.2, 0.25) is 0 Å². The fourth-order valence-corrected chi connectivity index (χ4v) is 12.6. The average molecular weight is 711 g/mol. The molecule has 1 saturated heterocycles. The van der Waals surface area contributed by atoms with Crippen LogP contribution in [-0.2, 0) is 19.1 Å². The minimum Gasteiger partial charge on any atom is -0.481 e. The maximum absolute atomic E-state index is 13.5. The summed E-state index contributed by atoms with van der Waals surface area (Å²) in [6.45, 7) is 25.9. The van der Waals surface area contributed by atoms with E-state index in [2.05, 4.69) is 101 Å². The van der Waals surface area contributed by atoms with Gasteiger partial charge in [0, 0.05) is 23.3 Å². The van der Waals surface area contributed by atoms with E-state index < -0.39 is 17.3 Å². The predicted molar refractivity (Wildman–Crippen MR) is 197 cm³/mol. The van der Waals surface area contributed by atoms with E-state index in [4.69, 9.17) is 9.47 Å². The first kappa shape index (κ1) is 38.4. The number of hydrogen-bond donors (Lipinski definition) is 3. The highest BCUT2D eigenvalue weighted by Crippen LogP contribution is 2.75. The van der Waals surface area contributed by atoms with Crippen molar-refractivity contribution in [3.05, 3.63) is 11.6 Å². The topological polar surface area (TPSA) is 140 Å². The zero-order valence-electron chi connectivity index (χ0n) is 33.4. The number of nitrogens with one attached hydrogen (secondary N) is 2. The number of ether oxygens (including phenoxy) is 2. The van der Waals surface area contributed by atoms with Gasteiger partial charge in [-0.1, -0.05) is 79.1 Å². The summed E-state index contributed by atoms with van der Waals surface area (Å²) in [7, 11) is 1.99. The van der Waals surface area contributed by atoms with Gasteiger partial charge < -0.3 is 19.9 Å². The van der Waals surface area contributed by atoms with Crippen LogP contribution in [0.15, 0.2) is 11.6 Å². The molecule has 51 heavy (non-hydrogen) atoms. The molecule has 3 saturated carbocycles. The van der Waals surface area contributed by atoms with Crippen molar-refractivity contribution in [2.45, 2.75) is 132 Å². The Morgan fingerprint density at radius 2 is 1.80 bits per heavy atom. The second kappa shape index (κ2) is 12.9. The van der Waals surface area contributed by atoms with Crippen molar-refractivity contribution in [3.63, 3.8) is 0 Å². The van der Waals surface area contributed by atoms with Crippen molar-refractivity contribution in [1.82, 2.24) is 25.5 Å². The summed E-state index contributed by atoms with van der Waals surface area (Å²) < 4.78 is 15.7. The van der Waals surface area contributed by atoms with Gasteiger partial charge in [0.2, 0.25) is 11.9 Å². The number of tetrazole rings is 1. The number of fused-ring (bicyclic) bond motifs is 3. The maximum Gasteiger partial charge on any atom is 0.307 e. The molecule has 1 aliphatic heterocycles. The van der Waals surface area contributed by atoms with Gasteiger partial charge in [0.25, 0.3) is 0 Å². The third kappa shape index (κ3) is 5.47. The molecule has 1 amide bonds. The third-order valence-corrected chi connectivity index (χ3v) is 16.6. The van der Waals surface area contributed by atoms with E-state index in [0.29, 0.717) is 49.9 Å². The minimum absolute atomic E-state index is 0.186. The fourth-order valence-electron chi connectivity index (χ4n) is 12.6. The number of allylic oxidation sites excluding steroid dienone is 1. The quantitative estimate of drug-likeness (QED) is 0.224. The number of anilines is 1. The highest BCUT2D eigenvalue weighted by molar-refractivity contribution is 5.86. The summed E-state index contributed by atoms with van der Waals surface area (Å²) in [5.74, 6) is 0.592. The van der Waals surface area contributed by atoms with E-state index >= 15 is 0 Å². The Morgan fingerprint density at radius 3 is 2.41 bits per heavy atom. The number of amides is 1. The molecular weight excluding hydrogens is 644 g/mol. The smallest absolute Gasteiger partial charge is 0.307 e. The second-order valence-corrected chi connectivity index (χ2v) is 19.3. The molecule has 1 unspecified atom stereocenters. The van der Waals surface area contributed by atoms with Crippen molar-refractivity contribution in [2.24, 2.45) is 62.6 Å². The first-order valence-corrected chi connectivity index (χ1v) is 19.6. The Labute approximate surface area is 305 Å². The summed E-state index contributed by atoms with van der Waals surface area (Å²) in [6, 6.07) is -0.255. The van der Waals surface area contributed by atoms with Crippen LogP contribution in [0.4, 0.5) is 5.95 Å². The van der Waals surface area contributed by atoms with Gasteiger partial charge in [-0.05, 0) is 109 Å². The Hall–Kier alpha value is -2.37. The Kier molecular flexibility index (Phi) is 9.70. The molecule has 2 heterocycles. The number of likely N-dealkylation sites (N-methyl/N-ethyl adjacent to an activating group) is 1. The molecule has 6 rings (SSSR count). The summed E-state index contributed by atoms with van der Waals surface area (Å²) in [5, 5.41) is 30.3. The summed E-state index contributed by atoms with van der Waals surface area (Å²) >= 11 is 0.